The number of rotatable bonds is 5. The van der Waals surface area contributed by atoms with E-state index in [1.54, 1.807) is 6.07 Å². The molecule has 0 spiro atoms. The van der Waals surface area contributed by atoms with Crippen molar-refractivity contribution >= 4 is 44.0 Å². The zero-order chi connectivity index (χ0) is 18.5. The van der Waals surface area contributed by atoms with E-state index < -0.39 is 5.91 Å². The molecule has 26 heavy (non-hydrogen) atoms. The highest BCUT2D eigenvalue weighted by Gasteiger charge is 2.09. The van der Waals surface area contributed by atoms with E-state index in [0.29, 0.717) is 20.3 Å². The van der Waals surface area contributed by atoms with Crippen molar-refractivity contribution in [2.75, 3.05) is 0 Å². The van der Waals surface area contributed by atoms with Crippen LogP contribution >= 0.6 is 31.9 Å². The summed E-state index contributed by atoms with van der Waals surface area (Å²) < 4.78 is 1.27. The molecule has 0 aliphatic heterocycles. The monoisotopic (exact) mass is 478 g/mol. The summed E-state index contributed by atoms with van der Waals surface area (Å²) in [4.78, 5) is 13.1. The van der Waals surface area contributed by atoms with Gasteiger partial charge in [-0.3, -0.25) is 4.79 Å². The van der Waals surface area contributed by atoms with E-state index in [4.69, 9.17) is 0 Å². The Labute approximate surface area is 165 Å². The van der Waals surface area contributed by atoms with Gasteiger partial charge >= 0.3 is 0 Å². The lowest BCUT2D eigenvalue weighted by Crippen LogP contribution is -2.24. The SMILES string of the molecule is O=C(Cn1nnc(-c2ccccc2)n1)N/N=C\c1cc(O)c(Br)cc1Br. The van der Waals surface area contributed by atoms with Gasteiger partial charge in [0.2, 0.25) is 5.82 Å². The Kier molecular flexibility index (Phi) is 5.74. The molecule has 0 fully saturated rings. The number of phenols is 1. The number of phenolic OH excluding ortho intramolecular Hbond substituents is 1. The number of amides is 1. The second-order valence-corrected chi connectivity index (χ2v) is 6.84. The summed E-state index contributed by atoms with van der Waals surface area (Å²) in [6.07, 6.45) is 1.41. The van der Waals surface area contributed by atoms with Gasteiger partial charge in [-0.2, -0.15) is 9.90 Å². The van der Waals surface area contributed by atoms with E-state index >= 15 is 0 Å². The summed E-state index contributed by atoms with van der Waals surface area (Å²) in [6.45, 7) is -0.121. The molecule has 1 heterocycles. The number of nitrogens with one attached hydrogen (secondary N) is 1. The summed E-state index contributed by atoms with van der Waals surface area (Å²) in [5.74, 6) is 0.105. The Balaban J connectivity index is 1.60. The summed E-state index contributed by atoms with van der Waals surface area (Å²) in [6, 6.07) is 12.5. The largest absolute Gasteiger partial charge is 0.507 e. The minimum Gasteiger partial charge on any atom is -0.507 e. The maximum absolute atomic E-state index is 11.9. The summed E-state index contributed by atoms with van der Waals surface area (Å²) in [5.41, 5.74) is 3.80. The van der Waals surface area contributed by atoms with Crippen molar-refractivity contribution in [2.45, 2.75) is 6.54 Å². The molecule has 132 valence electrons. The fraction of sp³-hybridized carbons (Fsp3) is 0.0625. The van der Waals surface area contributed by atoms with Crippen LogP contribution in [-0.2, 0) is 11.3 Å². The lowest BCUT2D eigenvalue weighted by molar-refractivity contribution is -0.122. The van der Waals surface area contributed by atoms with Gasteiger partial charge in [0.1, 0.15) is 12.3 Å². The molecule has 0 radical (unpaired) electrons. The normalized spacial score (nSPS) is 11.0. The predicted molar refractivity (Wildman–Crippen MR) is 102 cm³/mol. The van der Waals surface area contributed by atoms with E-state index in [2.05, 4.69) is 57.8 Å². The number of benzene rings is 2. The molecule has 0 atom stereocenters. The van der Waals surface area contributed by atoms with Crippen LogP contribution < -0.4 is 5.43 Å². The van der Waals surface area contributed by atoms with E-state index in [9.17, 15) is 9.90 Å². The molecule has 3 rings (SSSR count). The number of tetrazole rings is 1. The molecule has 0 unspecified atom stereocenters. The minimum atomic E-state index is -0.407. The first-order valence-corrected chi connectivity index (χ1v) is 8.94. The van der Waals surface area contributed by atoms with Crippen LogP contribution in [0, 0.1) is 0 Å². The standard InChI is InChI=1S/C16H12Br2N6O2/c17-12-7-13(18)14(25)6-11(12)8-19-20-15(26)9-24-22-16(21-23-24)10-4-2-1-3-5-10/h1-8,25H,9H2,(H,20,26)/b19-8-. The number of nitrogens with zero attached hydrogens (tertiary/aromatic N) is 5. The van der Waals surface area contributed by atoms with Gasteiger partial charge in [0.25, 0.3) is 5.91 Å². The predicted octanol–water partition coefficient (Wildman–Crippen LogP) is 2.72. The lowest BCUT2D eigenvalue weighted by atomic mass is 10.2. The third kappa shape index (κ3) is 4.52. The highest BCUT2D eigenvalue weighted by molar-refractivity contribution is 9.11. The molecule has 0 saturated carbocycles. The first kappa shape index (κ1) is 18.2. The average molecular weight is 480 g/mol. The minimum absolute atomic E-state index is 0.0706. The van der Waals surface area contributed by atoms with Gasteiger partial charge in [0, 0.05) is 15.6 Å². The fourth-order valence-corrected chi connectivity index (χ4v) is 3.10. The number of hydrazone groups is 1. The molecule has 2 N–H and O–H groups in total. The highest BCUT2D eigenvalue weighted by atomic mass is 79.9. The van der Waals surface area contributed by atoms with Crippen molar-refractivity contribution in [1.82, 2.24) is 25.6 Å². The average Bonchev–Trinajstić information content (AvgIpc) is 3.08. The molecule has 10 heteroatoms. The molecular formula is C16H12Br2N6O2. The number of aromatic nitrogens is 4. The Morgan fingerprint density at radius 1 is 1.23 bits per heavy atom. The van der Waals surface area contributed by atoms with Gasteiger partial charge in [-0.1, -0.05) is 46.3 Å². The van der Waals surface area contributed by atoms with Crippen LogP contribution in [0.4, 0.5) is 0 Å². The maximum atomic E-state index is 11.9. The quantitative estimate of drug-likeness (QED) is 0.432. The molecular weight excluding hydrogens is 468 g/mol. The first-order chi connectivity index (χ1) is 12.5. The third-order valence-corrected chi connectivity index (χ3v) is 4.55. The van der Waals surface area contributed by atoms with Crippen molar-refractivity contribution in [2.24, 2.45) is 5.10 Å². The highest BCUT2D eigenvalue weighted by Crippen LogP contribution is 2.29. The molecule has 0 saturated heterocycles. The summed E-state index contributed by atoms with van der Waals surface area (Å²) >= 11 is 6.56. The third-order valence-electron chi connectivity index (χ3n) is 3.23. The molecule has 1 amide bonds. The number of carbonyl (C=O) groups excluding carboxylic acids is 1. The zero-order valence-electron chi connectivity index (χ0n) is 13.2. The Bertz CT molecular complexity index is 959. The molecule has 8 nitrogen and oxygen atoms in total. The molecule has 0 aliphatic carbocycles. The number of halogens is 2. The van der Waals surface area contributed by atoms with Crippen LogP contribution in [0.2, 0.25) is 0 Å². The maximum Gasteiger partial charge on any atom is 0.263 e. The second kappa shape index (κ2) is 8.19. The number of hydrogen-bond acceptors (Lipinski definition) is 6. The smallest absolute Gasteiger partial charge is 0.263 e. The fourth-order valence-electron chi connectivity index (χ4n) is 2.00. The van der Waals surface area contributed by atoms with Crippen LogP contribution in [0.5, 0.6) is 5.75 Å². The van der Waals surface area contributed by atoms with Crippen molar-refractivity contribution in [3.8, 4) is 17.1 Å². The van der Waals surface area contributed by atoms with Gasteiger partial charge in [0.05, 0.1) is 10.7 Å². The zero-order valence-corrected chi connectivity index (χ0v) is 16.3. The van der Waals surface area contributed by atoms with Crippen LogP contribution in [0.25, 0.3) is 11.4 Å². The van der Waals surface area contributed by atoms with Crippen molar-refractivity contribution in [1.29, 1.82) is 0 Å². The van der Waals surface area contributed by atoms with Gasteiger partial charge in [-0.15, -0.1) is 10.2 Å². The molecule has 1 aromatic heterocycles. The summed E-state index contributed by atoms with van der Waals surface area (Å²) in [5, 5.41) is 25.5. The Morgan fingerprint density at radius 3 is 2.77 bits per heavy atom. The Hall–Kier alpha value is -2.59. The lowest BCUT2D eigenvalue weighted by Gasteiger charge is -2.02. The van der Waals surface area contributed by atoms with Crippen molar-refractivity contribution in [3.63, 3.8) is 0 Å². The van der Waals surface area contributed by atoms with E-state index in [1.807, 2.05) is 30.3 Å². The molecule has 2 aromatic carbocycles. The number of hydrogen-bond donors (Lipinski definition) is 2. The molecule has 3 aromatic rings. The van der Waals surface area contributed by atoms with Crippen LogP contribution in [-0.4, -0.2) is 37.4 Å². The van der Waals surface area contributed by atoms with Crippen LogP contribution in [0.15, 0.2) is 56.5 Å². The number of carbonyl (C=O) groups is 1. The van der Waals surface area contributed by atoms with Gasteiger partial charge < -0.3 is 5.11 Å². The molecule has 0 bridgehead atoms. The van der Waals surface area contributed by atoms with E-state index in [0.717, 1.165) is 5.56 Å². The van der Waals surface area contributed by atoms with Crippen molar-refractivity contribution in [3.05, 3.63) is 57.0 Å². The summed E-state index contributed by atoms with van der Waals surface area (Å²) in [7, 11) is 0. The van der Waals surface area contributed by atoms with Gasteiger partial charge in [-0.25, -0.2) is 5.43 Å². The topological polar surface area (TPSA) is 105 Å². The molecule has 0 aliphatic rings. The number of aromatic hydroxyl groups is 1. The Morgan fingerprint density at radius 2 is 2.00 bits per heavy atom. The van der Waals surface area contributed by atoms with Gasteiger partial charge in [0.15, 0.2) is 0 Å². The first-order valence-electron chi connectivity index (χ1n) is 7.36. The van der Waals surface area contributed by atoms with Crippen molar-refractivity contribution < 1.29 is 9.90 Å². The van der Waals surface area contributed by atoms with Crippen LogP contribution in [0.1, 0.15) is 5.56 Å². The second-order valence-electron chi connectivity index (χ2n) is 5.13. The van der Waals surface area contributed by atoms with E-state index in [1.165, 1.54) is 17.1 Å². The van der Waals surface area contributed by atoms with Crippen LogP contribution in [0.3, 0.4) is 0 Å². The van der Waals surface area contributed by atoms with Gasteiger partial charge in [-0.05, 0) is 33.3 Å². The van der Waals surface area contributed by atoms with E-state index in [-0.39, 0.29) is 12.3 Å².